The van der Waals surface area contributed by atoms with Crippen LogP contribution in [0.2, 0.25) is 0 Å². The van der Waals surface area contributed by atoms with Crippen molar-refractivity contribution in [3.05, 3.63) is 70.3 Å². The molecule has 1 heterocycles. The predicted octanol–water partition coefficient (Wildman–Crippen LogP) is 6.37. The van der Waals surface area contributed by atoms with Crippen LogP contribution in [-0.4, -0.2) is 5.75 Å². The minimum Gasteiger partial charge on any atom is -0.121 e. The maximum absolute atomic E-state index is 6.08. The number of hydrogen-bond acceptors (Lipinski definition) is 2. The SMILES string of the molecule is Cc1ccc(SC2/C(=C\Cl)CSc3ccc(C)cc32)cc1. The number of rotatable bonds is 2. The number of aryl methyl sites for hydroxylation is 2. The molecule has 2 aromatic rings. The Morgan fingerprint density at radius 1 is 1.10 bits per heavy atom. The molecule has 0 amide bonds. The third kappa shape index (κ3) is 3.33. The minimum absolute atomic E-state index is 0.321. The second-order valence-electron chi connectivity index (χ2n) is 5.32. The van der Waals surface area contributed by atoms with E-state index in [9.17, 15) is 0 Å². The summed E-state index contributed by atoms with van der Waals surface area (Å²) in [6.45, 7) is 4.27. The topological polar surface area (TPSA) is 0 Å². The van der Waals surface area contributed by atoms with Crippen molar-refractivity contribution in [3.63, 3.8) is 0 Å². The van der Waals surface area contributed by atoms with Gasteiger partial charge in [0.15, 0.2) is 0 Å². The van der Waals surface area contributed by atoms with E-state index < -0.39 is 0 Å². The summed E-state index contributed by atoms with van der Waals surface area (Å²) in [5.74, 6) is 0.975. The van der Waals surface area contributed by atoms with E-state index in [2.05, 4.69) is 56.3 Å². The first-order chi connectivity index (χ1) is 10.2. The highest BCUT2D eigenvalue weighted by molar-refractivity contribution is 8.01. The summed E-state index contributed by atoms with van der Waals surface area (Å²) in [7, 11) is 0. The molecule has 108 valence electrons. The Labute approximate surface area is 140 Å². The van der Waals surface area contributed by atoms with Gasteiger partial charge in [-0.05, 0) is 43.2 Å². The molecule has 21 heavy (non-hydrogen) atoms. The summed E-state index contributed by atoms with van der Waals surface area (Å²) in [5, 5.41) is 0.321. The van der Waals surface area contributed by atoms with Crippen LogP contribution in [-0.2, 0) is 0 Å². The molecule has 0 aliphatic carbocycles. The van der Waals surface area contributed by atoms with E-state index in [0.717, 1.165) is 5.75 Å². The Bertz CT molecular complexity index is 674. The van der Waals surface area contributed by atoms with Crippen molar-refractivity contribution < 1.29 is 0 Å². The number of halogens is 1. The number of fused-ring (bicyclic) bond motifs is 1. The van der Waals surface area contributed by atoms with Gasteiger partial charge in [-0.1, -0.05) is 47.0 Å². The Morgan fingerprint density at radius 2 is 1.81 bits per heavy atom. The smallest absolute Gasteiger partial charge is 0.0584 e. The first-order valence-corrected chi connectivity index (χ1v) is 9.23. The van der Waals surface area contributed by atoms with E-state index in [1.54, 1.807) is 5.54 Å². The van der Waals surface area contributed by atoms with Crippen molar-refractivity contribution >= 4 is 35.1 Å². The van der Waals surface area contributed by atoms with E-state index in [1.807, 2.05) is 23.5 Å². The molecule has 1 atom stereocenters. The molecule has 0 radical (unpaired) electrons. The van der Waals surface area contributed by atoms with Crippen LogP contribution in [0.5, 0.6) is 0 Å². The molecule has 3 rings (SSSR count). The Morgan fingerprint density at radius 3 is 2.52 bits per heavy atom. The molecule has 2 aromatic carbocycles. The molecule has 1 aliphatic heterocycles. The van der Waals surface area contributed by atoms with E-state index in [1.165, 1.54) is 32.1 Å². The standard InChI is InChI=1S/C18H17ClS2/c1-12-3-6-15(7-4-12)21-18-14(10-19)11-20-17-8-5-13(2)9-16(17)18/h3-10,18H,11H2,1-2H3/b14-10-. The van der Waals surface area contributed by atoms with Crippen LogP contribution in [0.3, 0.4) is 0 Å². The molecule has 0 bridgehead atoms. The van der Waals surface area contributed by atoms with Crippen LogP contribution in [0.25, 0.3) is 0 Å². The average Bonchev–Trinajstić information content (AvgIpc) is 2.50. The van der Waals surface area contributed by atoms with E-state index >= 15 is 0 Å². The Hall–Kier alpha value is -0.830. The third-order valence-electron chi connectivity index (χ3n) is 3.59. The molecule has 1 unspecified atom stereocenters. The molecule has 0 nitrogen and oxygen atoms in total. The summed E-state index contributed by atoms with van der Waals surface area (Å²) in [6.07, 6.45) is 0. The average molecular weight is 333 g/mol. The lowest BCUT2D eigenvalue weighted by atomic mass is 10.0. The number of benzene rings is 2. The minimum atomic E-state index is 0.321. The summed E-state index contributed by atoms with van der Waals surface area (Å²) in [4.78, 5) is 2.67. The largest absolute Gasteiger partial charge is 0.121 e. The zero-order valence-electron chi connectivity index (χ0n) is 12.1. The second-order valence-corrected chi connectivity index (χ2v) is 7.74. The van der Waals surface area contributed by atoms with Crippen molar-refractivity contribution in [2.24, 2.45) is 0 Å². The van der Waals surface area contributed by atoms with Gasteiger partial charge in [-0.3, -0.25) is 0 Å². The quantitative estimate of drug-likeness (QED) is 0.627. The van der Waals surface area contributed by atoms with Gasteiger partial charge >= 0.3 is 0 Å². The lowest BCUT2D eigenvalue weighted by Crippen LogP contribution is -2.08. The lowest BCUT2D eigenvalue weighted by Gasteiger charge is -2.27. The number of hydrogen-bond donors (Lipinski definition) is 0. The highest BCUT2D eigenvalue weighted by atomic mass is 35.5. The van der Waals surface area contributed by atoms with E-state index in [4.69, 9.17) is 11.6 Å². The molecule has 0 saturated carbocycles. The van der Waals surface area contributed by atoms with Crippen LogP contribution in [0.15, 0.2) is 63.4 Å². The van der Waals surface area contributed by atoms with Crippen molar-refractivity contribution in [1.82, 2.24) is 0 Å². The zero-order valence-corrected chi connectivity index (χ0v) is 14.5. The van der Waals surface area contributed by atoms with Crippen molar-refractivity contribution in [2.45, 2.75) is 28.9 Å². The molecule has 0 spiro atoms. The molecule has 1 aliphatic rings. The van der Waals surface area contributed by atoms with Crippen molar-refractivity contribution in [1.29, 1.82) is 0 Å². The fourth-order valence-corrected chi connectivity index (χ4v) is 5.24. The second kappa shape index (κ2) is 6.51. The van der Waals surface area contributed by atoms with Crippen LogP contribution < -0.4 is 0 Å². The number of thioether (sulfide) groups is 2. The molecule has 0 N–H and O–H groups in total. The van der Waals surface area contributed by atoms with E-state index in [0.29, 0.717) is 5.25 Å². The van der Waals surface area contributed by atoms with E-state index in [-0.39, 0.29) is 0 Å². The fourth-order valence-electron chi connectivity index (χ4n) is 2.42. The maximum Gasteiger partial charge on any atom is 0.0584 e. The molecular formula is C18H17ClS2. The summed E-state index contributed by atoms with van der Waals surface area (Å²) >= 11 is 9.86. The first kappa shape index (κ1) is 15.1. The van der Waals surface area contributed by atoms with Crippen molar-refractivity contribution in [3.8, 4) is 0 Å². The van der Waals surface area contributed by atoms with Crippen LogP contribution in [0.4, 0.5) is 0 Å². The van der Waals surface area contributed by atoms with Gasteiger partial charge in [0.05, 0.1) is 5.25 Å². The summed E-state index contributed by atoms with van der Waals surface area (Å²) < 4.78 is 0. The van der Waals surface area contributed by atoms with Gasteiger partial charge in [0.1, 0.15) is 0 Å². The van der Waals surface area contributed by atoms with Gasteiger partial charge in [-0.15, -0.1) is 23.5 Å². The van der Waals surface area contributed by atoms with Gasteiger partial charge in [-0.25, -0.2) is 0 Å². The third-order valence-corrected chi connectivity index (χ3v) is 6.37. The summed E-state index contributed by atoms with van der Waals surface area (Å²) in [6, 6.07) is 15.5. The predicted molar refractivity (Wildman–Crippen MR) is 95.6 cm³/mol. The fraction of sp³-hybridized carbons (Fsp3) is 0.222. The summed E-state index contributed by atoms with van der Waals surface area (Å²) in [5.41, 5.74) is 7.06. The van der Waals surface area contributed by atoms with Gasteiger partial charge in [0.2, 0.25) is 0 Å². The zero-order chi connectivity index (χ0) is 14.8. The normalized spacial score (nSPS) is 19.6. The van der Waals surface area contributed by atoms with Crippen LogP contribution in [0.1, 0.15) is 21.9 Å². The van der Waals surface area contributed by atoms with Gasteiger partial charge in [0, 0.05) is 21.1 Å². The molecule has 0 aromatic heterocycles. The molecule has 3 heteroatoms. The molecular weight excluding hydrogens is 316 g/mol. The van der Waals surface area contributed by atoms with Gasteiger partial charge in [0.25, 0.3) is 0 Å². The molecule has 0 fully saturated rings. The monoisotopic (exact) mass is 332 g/mol. The molecule has 0 saturated heterocycles. The Kier molecular flexibility index (Phi) is 4.68. The highest BCUT2D eigenvalue weighted by Gasteiger charge is 2.26. The highest BCUT2D eigenvalue weighted by Crippen LogP contribution is 2.49. The lowest BCUT2D eigenvalue weighted by molar-refractivity contribution is 1.04. The van der Waals surface area contributed by atoms with Crippen molar-refractivity contribution in [2.75, 3.05) is 5.75 Å². The first-order valence-electron chi connectivity index (χ1n) is 6.93. The van der Waals surface area contributed by atoms with Gasteiger partial charge < -0.3 is 0 Å². The Balaban J connectivity index is 1.98. The maximum atomic E-state index is 6.08. The van der Waals surface area contributed by atoms with Crippen LogP contribution >= 0.6 is 35.1 Å². The van der Waals surface area contributed by atoms with Gasteiger partial charge in [-0.2, -0.15) is 0 Å². The van der Waals surface area contributed by atoms with Crippen LogP contribution in [0, 0.1) is 13.8 Å².